The number of rotatable bonds is 9. The Hall–Kier alpha value is -2.70. The third-order valence-corrected chi connectivity index (χ3v) is 9.82. The molecule has 2 atom stereocenters. The topological polar surface area (TPSA) is 35.8 Å². The highest BCUT2D eigenvalue weighted by atomic mass is 19.1. The van der Waals surface area contributed by atoms with Crippen molar-refractivity contribution in [2.24, 2.45) is 11.8 Å². The number of hydrogen-bond acceptors (Lipinski definition) is 5. The van der Waals surface area contributed by atoms with E-state index in [4.69, 9.17) is 9.40 Å². The second kappa shape index (κ2) is 13.1. The fourth-order valence-electron chi connectivity index (χ4n) is 7.84. The van der Waals surface area contributed by atoms with Gasteiger partial charge < -0.3 is 14.2 Å². The summed E-state index contributed by atoms with van der Waals surface area (Å²) in [6.07, 6.45) is 11.8. The number of hydrogen-bond donors (Lipinski definition) is 0. The molecule has 0 bridgehead atoms. The minimum atomic E-state index is -0.162. The molecule has 6 rings (SSSR count). The van der Waals surface area contributed by atoms with Gasteiger partial charge in [-0.15, -0.1) is 0 Å². The van der Waals surface area contributed by atoms with E-state index in [9.17, 15) is 4.39 Å². The van der Waals surface area contributed by atoms with Crippen LogP contribution < -0.4 is 4.90 Å². The average molecular weight is 559 g/mol. The lowest BCUT2D eigenvalue weighted by Gasteiger charge is -2.42. The fourth-order valence-corrected chi connectivity index (χ4v) is 7.84. The van der Waals surface area contributed by atoms with Gasteiger partial charge in [0.25, 0.3) is 0 Å². The van der Waals surface area contributed by atoms with Gasteiger partial charge in [0.05, 0.1) is 6.04 Å². The minimum absolute atomic E-state index is 0.162. The number of halogens is 1. The lowest BCUT2D eigenvalue weighted by atomic mass is 9.73. The Morgan fingerprint density at radius 3 is 2.12 bits per heavy atom. The quantitative estimate of drug-likeness (QED) is 0.270. The summed E-state index contributed by atoms with van der Waals surface area (Å²) in [4.78, 5) is 12.8. The number of oxazole rings is 1. The molecule has 0 spiro atoms. The number of piperidine rings is 1. The molecule has 2 aromatic carbocycles. The van der Waals surface area contributed by atoms with E-state index < -0.39 is 0 Å². The molecule has 3 aromatic rings. The summed E-state index contributed by atoms with van der Waals surface area (Å²) >= 11 is 0. The number of likely N-dealkylation sites (tertiary alicyclic amines) is 1. The molecule has 41 heavy (non-hydrogen) atoms. The van der Waals surface area contributed by atoms with Crippen LogP contribution in [0.25, 0.3) is 0 Å². The molecule has 3 aliphatic rings. The van der Waals surface area contributed by atoms with Crippen LogP contribution in [0, 0.1) is 17.7 Å². The normalized spacial score (nSPS) is 23.7. The van der Waals surface area contributed by atoms with Crippen LogP contribution in [0.15, 0.2) is 59.0 Å². The molecular weight excluding hydrogens is 511 g/mol. The number of nitrogens with zero attached hydrogens (tertiary/aromatic N) is 4. The largest absolute Gasteiger partial charge is 0.423 e. The highest BCUT2D eigenvalue weighted by Gasteiger charge is 2.39. The molecule has 6 heteroatoms. The van der Waals surface area contributed by atoms with Crippen molar-refractivity contribution in [3.05, 3.63) is 83.1 Å². The molecular formula is C35H47FN4O. The van der Waals surface area contributed by atoms with Gasteiger partial charge in [-0.25, -0.2) is 9.37 Å². The monoisotopic (exact) mass is 558 g/mol. The maximum Gasteiger partial charge on any atom is 0.219 e. The van der Waals surface area contributed by atoms with Crippen molar-refractivity contribution in [3.63, 3.8) is 0 Å². The van der Waals surface area contributed by atoms with Crippen molar-refractivity contribution in [3.8, 4) is 0 Å². The third-order valence-electron chi connectivity index (χ3n) is 9.82. The molecule has 2 unspecified atom stereocenters. The van der Waals surface area contributed by atoms with Crippen LogP contribution in [-0.2, 0) is 6.42 Å². The van der Waals surface area contributed by atoms with Gasteiger partial charge in [0.2, 0.25) is 11.8 Å². The number of aromatic nitrogens is 1. The number of anilines is 1. The molecule has 0 amide bonds. The van der Waals surface area contributed by atoms with Crippen molar-refractivity contribution in [1.29, 1.82) is 0 Å². The Morgan fingerprint density at radius 2 is 1.46 bits per heavy atom. The zero-order valence-electron chi connectivity index (χ0n) is 25.0. The van der Waals surface area contributed by atoms with E-state index in [0.29, 0.717) is 17.9 Å². The van der Waals surface area contributed by atoms with E-state index in [-0.39, 0.29) is 11.9 Å². The Balaban J connectivity index is 1.26. The van der Waals surface area contributed by atoms with Crippen LogP contribution >= 0.6 is 0 Å². The number of benzene rings is 2. The van der Waals surface area contributed by atoms with Crippen molar-refractivity contribution >= 4 is 5.88 Å². The van der Waals surface area contributed by atoms with Gasteiger partial charge in [0.15, 0.2) is 0 Å². The van der Waals surface area contributed by atoms with E-state index in [1.54, 1.807) is 12.1 Å². The molecule has 0 radical (unpaired) electrons. The maximum absolute atomic E-state index is 13.7. The highest BCUT2D eigenvalue weighted by molar-refractivity contribution is 5.44. The van der Waals surface area contributed by atoms with E-state index in [1.807, 2.05) is 12.1 Å². The Morgan fingerprint density at radius 1 is 0.829 bits per heavy atom. The van der Waals surface area contributed by atoms with Gasteiger partial charge in [-0.1, -0.05) is 48.9 Å². The summed E-state index contributed by atoms with van der Waals surface area (Å²) in [7, 11) is 4.33. The lowest BCUT2D eigenvalue weighted by Crippen LogP contribution is -2.40. The van der Waals surface area contributed by atoms with Crippen LogP contribution in [0.5, 0.6) is 0 Å². The van der Waals surface area contributed by atoms with Crippen molar-refractivity contribution in [2.45, 2.75) is 76.3 Å². The zero-order valence-corrected chi connectivity index (χ0v) is 25.0. The van der Waals surface area contributed by atoms with Crippen LogP contribution in [0.1, 0.15) is 92.6 Å². The molecule has 1 aliphatic carbocycles. The first kappa shape index (κ1) is 28.4. The average Bonchev–Trinajstić information content (AvgIpc) is 3.67. The van der Waals surface area contributed by atoms with Gasteiger partial charge in [-0.05, 0) is 114 Å². The van der Waals surface area contributed by atoms with Crippen molar-refractivity contribution in [2.75, 3.05) is 45.2 Å². The molecule has 1 saturated carbocycles. The summed E-state index contributed by atoms with van der Waals surface area (Å²) in [5.41, 5.74) is 3.62. The zero-order chi connectivity index (χ0) is 28.2. The van der Waals surface area contributed by atoms with E-state index in [0.717, 1.165) is 50.1 Å². The maximum atomic E-state index is 13.7. The second-order valence-corrected chi connectivity index (χ2v) is 12.8. The highest BCUT2D eigenvalue weighted by Crippen LogP contribution is 2.46. The van der Waals surface area contributed by atoms with Crippen molar-refractivity contribution < 1.29 is 8.81 Å². The summed E-state index contributed by atoms with van der Waals surface area (Å²) in [5, 5.41) is 0. The minimum Gasteiger partial charge on any atom is -0.423 e. The molecule has 1 aromatic heterocycles. The van der Waals surface area contributed by atoms with Crippen molar-refractivity contribution in [1.82, 2.24) is 14.8 Å². The Labute approximate surface area is 245 Å². The molecule has 220 valence electrons. The smallest absolute Gasteiger partial charge is 0.219 e. The van der Waals surface area contributed by atoms with Gasteiger partial charge in [0, 0.05) is 25.6 Å². The van der Waals surface area contributed by atoms with Gasteiger partial charge in [-0.2, -0.15) is 0 Å². The predicted molar refractivity (Wildman–Crippen MR) is 164 cm³/mol. The summed E-state index contributed by atoms with van der Waals surface area (Å²) in [6.45, 7) is 4.39. The van der Waals surface area contributed by atoms with Gasteiger partial charge >= 0.3 is 0 Å². The first-order valence-electron chi connectivity index (χ1n) is 16.0. The second-order valence-electron chi connectivity index (χ2n) is 12.8. The Kier molecular flexibility index (Phi) is 9.07. The SMILES string of the molecule is CN(C)C(c1ccc(F)cc1)C1CCC(C(c2nc(Cc3ccccc3)c(N3CCCC3)o2)N2CCCCC2)CC1. The molecule has 0 N–H and O–H groups in total. The van der Waals surface area contributed by atoms with E-state index in [2.05, 4.69) is 59.1 Å². The molecule has 3 heterocycles. The molecule has 2 aliphatic heterocycles. The predicted octanol–water partition coefficient (Wildman–Crippen LogP) is 7.64. The third kappa shape index (κ3) is 6.54. The van der Waals surface area contributed by atoms with Gasteiger partial charge in [0.1, 0.15) is 11.5 Å². The van der Waals surface area contributed by atoms with Crippen LogP contribution in [0.3, 0.4) is 0 Å². The van der Waals surface area contributed by atoms with Crippen LogP contribution in [-0.4, -0.2) is 55.1 Å². The van der Waals surface area contributed by atoms with Gasteiger partial charge in [-0.3, -0.25) is 4.90 Å². The Bertz CT molecular complexity index is 1220. The van der Waals surface area contributed by atoms with E-state index >= 15 is 0 Å². The lowest BCUT2D eigenvalue weighted by molar-refractivity contribution is 0.0560. The molecule has 3 fully saturated rings. The first-order valence-corrected chi connectivity index (χ1v) is 16.0. The summed E-state index contributed by atoms with van der Waals surface area (Å²) in [6, 6.07) is 18.4. The standard InChI is InChI=1S/C35H47FN4O/c1-38(2)32(28-17-19-30(36)20-18-28)27-13-15-29(16-14-27)33(39-21-7-4-8-22-39)34-37-31(25-26-11-5-3-6-12-26)35(41-34)40-23-9-10-24-40/h3,5-6,11-12,17-20,27,29,32-33H,4,7-10,13-16,21-25H2,1-2H3. The van der Waals surface area contributed by atoms with E-state index in [1.165, 1.54) is 68.9 Å². The van der Waals surface area contributed by atoms with Crippen LogP contribution in [0.2, 0.25) is 0 Å². The first-order chi connectivity index (χ1) is 20.1. The summed E-state index contributed by atoms with van der Waals surface area (Å²) < 4.78 is 20.5. The van der Waals surface area contributed by atoms with Crippen LogP contribution in [0.4, 0.5) is 10.3 Å². The fraction of sp³-hybridized carbons (Fsp3) is 0.571. The summed E-state index contributed by atoms with van der Waals surface area (Å²) in [5.74, 6) is 2.90. The molecule has 2 saturated heterocycles. The molecule has 5 nitrogen and oxygen atoms in total.